The Morgan fingerprint density at radius 2 is 2.05 bits per heavy atom. The summed E-state index contributed by atoms with van der Waals surface area (Å²) in [4.78, 5) is 15.3. The van der Waals surface area contributed by atoms with E-state index in [1.807, 2.05) is 13.0 Å². The zero-order valence-electron chi connectivity index (χ0n) is 10.7. The van der Waals surface area contributed by atoms with Gasteiger partial charge >= 0.3 is 5.97 Å². The van der Waals surface area contributed by atoms with Crippen molar-refractivity contribution in [2.75, 3.05) is 12.8 Å². The van der Waals surface area contributed by atoms with Gasteiger partial charge in [0, 0.05) is 18.0 Å². The third kappa shape index (κ3) is 3.01. The summed E-state index contributed by atoms with van der Waals surface area (Å²) in [5.41, 5.74) is 7.47. The molecule has 0 radical (unpaired) electrons. The predicted molar refractivity (Wildman–Crippen MR) is 71.2 cm³/mol. The second kappa shape index (κ2) is 5.39. The van der Waals surface area contributed by atoms with Crippen LogP contribution in [0.4, 0.5) is 5.69 Å². The van der Waals surface area contributed by atoms with Crippen molar-refractivity contribution in [3.05, 3.63) is 47.8 Å². The zero-order chi connectivity index (χ0) is 13.8. The van der Waals surface area contributed by atoms with E-state index in [-0.39, 0.29) is 5.69 Å². The number of benzene rings is 1. The second-order valence-corrected chi connectivity index (χ2v) is 4.00. The molecule has 5 heteroatoms. The van der Waals surface area contributed by atoms with Crippen LogP contribution in [0.3, 0.4) is 0 Å². The number of carbonyl (C=O) groups excluding carboxylic acids is 1. The number of pyridine rings is 1. The van der Waals surface area contributed by atoms with Gasteiger partial charge < -0.3 is 15.2 Å². The summed E-state index contributed by atoms with van der Waals surface area (Å²) >= 11 is 0. The average molecular weight is 258 g/mol. The number of hydrogen-bond acceptors (Lipinski definition) is 5. The van der Waals surface area contributed by atoms with Crippen LogP contribution in [0.1, 0.15) is 16.1 Å². The Morgan fingerprint density at radius 3 is 2.74 bits per heavy atom. The van der Waals surface area contributed by atoms with E-state index in [9.17, 15) is 4.79 Å². The van der Waals surface area contributed by atoms with E-state index in [0.717, 1.165) is 5.56 Å². The van der Waals surface area contributed by atoms with Gasteiger partial charge in [-0.25, -0.2) is 9.78 Å². The Balaban J connectivity index is 2.26. The fourth-order valence-electron chi connectivity index (χ4n) is 1.60. The van der Waals surface area contributed by atoms with Gasteiger partial charge in [0.1, 0.15) is 11.5 Å². The summed E-state index contributed by atoms with van der Waals surface area (Å²) < 4.78 is 10.3. The summed E-state index contributed by atoms with van der Waals surface area (Å²) in [5, 5.41) is 0. The van der Waals surface area contributed by atoms with E-state index in [2.05, 4.69) is 9.72 Å². The Hall–Kier alpha value is -2.56. The van der Waals surface area contributed by atoms with E-state index in [0.29, 0.717) is 17.2 Å². The van der Waals surface area contributed by atoms with Crippen LogP contribution in [-0.4, -0.2) is 18.1 Å². The summed E-state index contributed by atoms with van der Waals surface area (Å²) in [6, 6.07) is 8.55. The topological polar surface area (TPSA) is 74.4 Å². The highest BCUT2D eigenvalue weighted by atomic mass is 16.5. The number of nitrogens with two attached hydrogens (primary N) is 1. The van der Waals surface area contributed by atoms with Crippen LogP contribution in [0.15, 0.2) is 36.5 Å². The highest BCUT2D eigenvalue weighted by Crippen LogP contribution is 2.26. The fourth-order valence-corrected chi connectivity index (χ4v) is 1.60. The Labute approximate surface area is 111 Å². The number of carbonyl (C=O) groups is 1. The zero-order valence-corrected chi connectivity index (χ0v) is 10.7. The Morgan fingerprint density at radius 1 is 1.26 bits per heavy atom. The summed E-state index contributed by atoms with van der Waals surface area (Å²) in [7, 11) is 1.31. The molecule has 2 N–H and O–H groups in total. The van der Waals surface area contributed by atoms with Gasteiger partial charge in [0.05, 0.1) is 7.11 Å². The summed E-state index contributed by atoms with van der Waals surface area (Å²) in [6.45, 7) is 1.90. The van der Waals surface area contributed by atoms with Gasteiger partial charge in [0.25, 0.3) is 0 Å². The fraction of sp³-hybridized carbons (Fsp3) is 0.143. The van der Waals surface area contributed by atoms with Gasteiger partial charge in [0.2, 0.25) is 0 Å². The molecule has 0 aliphatic carbocycles. The first-order valence-electron chi connectivity index (χ1n) is 5.68. The average Bonchev–Trinajstić information content (AvgIpc) is 2.41. The normalized spacial score (nSPS) is 10.0. The number of aryl methyl sites for hydroxylation is 1. The lowest BCUT2D eigenvalue weighted by molar-refractivity contribution is 0.0593. The quantitative estimate of drug-likeness (QED) is 0.676. The molecule has 0 saturated carbocycles. The molecule has 2 rings (SSSR count). The number of hydrogen-bond donors (Lipinski definition) is 1. The summed E-state index contributed by atoms with van der Waals surface area (Å²) in [6.07, 6.45) is 1.49. The van der Waals surface area contributed by atoms with Crippen LogP contribution < -0.4 is 10.5 Å². The van der Waals surface area contributed by atoms with Gasteiger partial charge in [-0.3, -0.25) is 0 Å². The number of esters is 1. The van der Waals surface area contributed by atoms with Crippen LogP contribution in [0.2, 0.25) is 0 Å². The first kappa shape index (κ1) is 12.9. The van der Waals surface area contributed by atoms with Crippen LogP contribution in [-0.2, 0) is 4.74 Å². The minimum Gasteiger partial charge on any atom is -0.464 e. The van der Waals surface area contributed by atoms with Crippen molar-refractivity contribution in [1.82, 2.24) is 4.98 Å². The van der Waals surface area contributed by atoms with E-state index >= 15 is 0 Å². The molecule has 0 fully saturated rings. The van der Waals surface area contributed by atoms with E-state index in [1.165, 1.54) is 19.4 Å². The highest BCUT2D eigenvalue weighted by molar-refractivity contribution is 5.87. The Kier molecular flexibility index (Phi) is 3.66. The third-order valence-electron chi connectivity index (χ3n) is 2.55. The molecule has 0 aliphatic rings. The Bertz CT molecular complexity index is 611. The number of rotatable bonds is 3. The smallest absolute Gasteiger partial charge is 0.356 e. The summed E-state index contributed by atoms with van der Waals surface area (Å²) in [5.74, 6) is 0.693. The van der Waals surface area contributed by atoms with Crippen molar-refractivity contribution >= 4 is 11.7 Å². The monoisotopic (exact) mass is 258 g/mol. The van der Waals surface area contributed by atoms with E-state index < -0.39 is 5.97 Å². The maximum atomic E-state index is 11.4. The minimum atomic E-state index is -0.500. The number of nitrogen functional groups attached to an aromatic ring is 1. The molecule has 0 bridgehead atoms. The van der Waals surface area contributed by atoms with Crippen molar-refractivity contribution in [3.8, 4) is 11.5 Å². The SMILES string of the molecule is COC(=O)c1cc(Oc2ccc(N)cc2C)ccn1. The van der Waals surface area contributed by atoms with Gasteiger partial charge in [-0.2, -0.15) is 0 Å². The van der Waals surface area contributed by atoms with Crippen LogP contribution >= 0.6 is 0 Å². The molecule has 98 valence electrons. The molecular formula is C14H14N2O3. The first-order chi connectivity index (χ1) is 9.10. The van der Waals surface area contributed by atoms with Gasteiger partial charge in [-0.05, 0) is 36.8 Å². The van der Waals surface area contributed by atoms with E-state index in [1.54, 1.807) is 18.2 Å². The molecule has 1 aromatic heterocycles. The number of methoxy groups -OCH3 is 1. The molecule has 5 nitrogen and oxygen atoms in total. The molecule has 19 heavy (non-hydrogen) atoms. The van der Waals surface area contributed by atoms with Crippen LogP contribution in [0.5, 0.6) is 11.5 Å². The predicted octanol–water partition coefficient (Wildman–Crippen LogP) is 2.55. The molecule has 0 saturated heterocycles. The molecule has 0 aliphatic heterocycles. The number of aromatic nitrogens is 1. The molecule has 0 amide bonds. The third-order valence-corrected chi connectivity index (χ3v) is 2.55. The van der Waals surface area contributed by atoms with Gasteiger partial charge in [-0.1, -0.05) is 0 Å². The maximum Gasteiger partial charge on any atom is 0.356 e. The van der Waals surface area contributed by atoms with Gasteiger partial charge in [-0.15, -0.1) is 0 Å². The molecule has 0 spiro atoms. The van der Waals surface area contributed by atoms with Crippen molar-refractivity contribution in [2.45, 2.75) is 6.92 Å². The number of anilines is 1. The van der Waals surface area contributed by atoms with Gasteiger partial charge in [0.15, 0.2) is 5.69 Å². The molecular weight excluding hydrogens is 244 g/mol. The van der Waals surface area contributed by atoms with E-state index in [4.69, 9.17) is 10.5 Å². The minimum absolute atomic E-state index is 0.202. The lowest BCUT2D eigenvalue weighted by Gasteiger charge is -2.09. The van der Waals surface area contributed by atoms with Crippen molar-refractivity contribution in [1.29, 1.82) is 0 Å². The van der Waals surface area contributed by atoms with Crippen molar-refractivity contribution in [2.24, 2.45) is 0 Å². The number of nitrogens with zero attached hydrogens (tertiary/aromatic N) is 1. The largest absolute Gasteiger partial charge is 0.464 e. The van der Waals surface area contributed by atoms with Crippen molar-refractivity contribution < 1.29 is 14.3 Å². The van der Waals surface area contributed by atoms with Crippen LogP contribution in [0.25, 0.3) is 0 Å². The molecule has 2 aromatic rings. The molecule has 0 unspecified atom stereocenters. The lowest BCUT2D eigenvalue weighted by atomic mass is 10.2. The first-order valence-corrected chi connectivity index (χ1v) is 5.68. The highest BCUT2D eigenvalue weighted by Gasteiger charge is 2.09. The lowest BCUT2D eigenvalue weighted by Crippen LogP contribution is -2.03. The molecule has 1 aromatic carbocycles. The second-order valence-electron chi connectivity index (χ2n) is 4.00. The standard InChI is InChI=1S/C14H14N2O3/c1-9-7-10(15)3-4-13(9)19-11-5-6-16-12(8-11)14(17)18-2/h3-8H,15H2,1-2H3. The maximum absolute atomic E-state index is 11.4. The number of ether oxygens (including phenoxy) is 2. The van der Waals surface area contributed by atoms with Crippen LogP contribution in [0, 0.1) is 6.92 Å². The van der Waals surface area contributed by atoms with Crippen molar-refractivity contribution in [3.63, 3.8) is 0 Å². The molecule has 0 atom stereocenters. The molecule has 1 heterocycles.